The van der Waals surface area contributed by atoms with Crippen molar-refractivity contribution in [3.63, 3.8) is 0 Å². The molecule has 2 amide bonds. The van der Waals surface area contributed by atoms with Gasteiger partial charge in [0.25, 0.3) is 0 Å². The molecule has 2 aromatic rings. The molecule has 0 radical (unpaired) electrons. The fourth-order valence-electron chi connectivity index (χ4n) is 1.68. The summed E-state index contributed by atoms with van der Waals surface area (Å²) in [5.41, 5.74) is -0.0717. The van der Waals surface area contributed by atoms with Crippen molar-refractivity contribution in [1.82, 2.24) is 5.32 Å². The molecular weight excluding hydrogens is 298 g/mol. The zero-order valence-electron chi connectivity index (χ0n) is 11.2. The molecule has 0 aliphatic carbocycles. The Morgan fingerprint density at radius 2 is 1.95 bits per heavy atom. The molecule has 0 saturated carbocycles. The normalized spacial score (nSPS) is 11.8. The summed E-state index contributed by atoms with van der Waals surface area (Å²) in [5, 5.41) is 13.6. The molecule has 1 unspecified atom stereocenters. The maximum absolute atomic E-state index is 13.0. The Hall–Kier alpha value is -2.74. The molecule has 1 atom stereocenters. The number of hydrogen-bond acceptors (Lipinski definition) is 4. The smallest absolute Gasteiger partial charge is 0.313 e. The van der Waals surface area contributed by atoms with Crippen molar-refractivity contribution in [2.24, 2.45) is 0 Å². The first-order valence-corrected chi connectivity index (χ1v) is 6.22. The predicted molar refractivity (Wildman–Crippen MR) is 71.7 cm³/mol. The van der Waals surface area contributed by atoms with Crippen LogP contribution in [0.3, 0.4) is 0 Å². The van der Waals surface area contributed by atoms with Gasteiger partial charge >= 0.3 is 11.8 Å². The van der Waals surface area contributed by atoms with Crippen LogP contribution in [0.15, 0.2) is 41.0 Å². The van der Waals surface area contributed by atoms with E-state index >= 15 is 0 Å². The zero-order chi connectivity index (χ0) is 16.1. The Labute approximate surface area is 123 Å². The van der Waals surface area contributed by atoms with Gasteiger partial charge in [-0.05, 0) is 24.3 Å². The second-order valence-electron chi connectivity index (χ2n) is 4.31. The molecule has 1 heterocycles. The van der Waals surface area contributed by atoms with E-state index in [1.165, 1.54) is 12.3 Å². The SMILES string of the molecule is O=C(Nc1ccc(F)c(F)c1)C(=O)NC(CO)c1ccco1. The molecule has 116 valence electrons. The summed E-state index contributed by atoms with van der Waals surface area (Å²) >= 11 is 0. The van der Waals surface area contributed by atoms with Crippen LogP contribution >= 0.6 is 0 Å². The number of hydrogen-bond donors (Lipinski definition) is 3. The fraction of sp³-hybridized carbons (Fsp3) is 0.143. The van der Waals surface area contributed by atoms with Crippen LogP contribution in [0, 0.1) is 11.6 Å². The van der Waals surface area contributed by atoms with Crippen LogP contribution in [0.25, 0.3) is 0 Å². The molecule has 0 saturated heterocycles. The molecular formula is C14H12F2N2O4. The van der Waals surface area contributed by atoms with Crippen molar-refractivity contribution < 1.29 is 27.9 Å². The summed E-state index contributed by atoms with van der Waals surface area (Å²) < 4.78 is 30.8. The molecule has 2 rings (SSSR count). The van der Waals surface area contributed by atoms with Crippen molar-refractivity contribution in [2.45, 2.75) is 6.04 Å². The highest BCUT2D eigenvalue weighted by Gasteiger charge is 2.21. The summed E-state index contributed by atoms with van der Waals surface area (Å²) in [5.74, 6) is -4.09. The van der Waals surface area contributed by atoms with Gasteiger partial charge in [0.1, 0.15) is 11.8 Å². The number of aliphatic hydroxyl groups excluding tert-OH is 1. The molecule has 0 spiro atoms. The number of rotatable bonds is 4. The largest absolute Gasteiger partial charge is 0.467 e. The molecule has 3 N–H and O–H groups in total. The Morgan fingerprint density at radius 1 is 1.18 bits per heavy atom. The van der Waals surface area contributed by atoms with Crippen LogP contribution < -0.4 is 10.6 Å². The first-order chi connectivity index (χ1) is 10.5. The third kappa shape index (κ3) is 3.67. The van der Waals surface area contributed by atoms with Crippen molar-refractivity contribution in [2.75, 3.05) is 11.9 Å². The average molecular weight is 310 g/mol. The number of carbonyl (C=O) groups excluding carboxylic acids is 2. The van der Waals surface area contributed by atoms with E-state index in [1.54, 1.807) is 6.07 Å². The van der Waals surface area contributed by atoms with Gasteiger partial charge in [0.15, 0.2) is 11.6 Å². The van der Waals surface area contributed by atoms with E-state index in [0.717, 1.165) is 18.2 Å². The van der Waals surface area contributed by atoms with Gasteiger partial charge in [0, 0.05) is 11.8 Å². The molecule has 22 heavy (non-hydrogen) atoms. The molecule has 0 fully saturated rings. The van der Waals surface area contributed by atoms with E-state index in [0.29, 0.717) is 0 Å². The first-order valence-electron chi connectivity index (χ1n) is 6.22. The maximum atomic E-state index is 13.0. The third-order valence-corrected chi connectivity index (χ3v) is 2.76. The number of carbonyl (C=O) groups is 2. The first kappa shape index (κ1) is 15.6. The van der Waals surface area contributed by atoms with Gasteiger partial charge in [-0.3, -0.25) is 9.59 Å². The molecule has 0 bridgehead atoms. The maximum Gasteiger partial charge on any atom is 0.313 e. The summed E-state index contributed by atoms with van der Waals surface area (Å²) in [6.45, 7) is -0.474. The lowest BCUT2D eigenvalue weighted by Gasteiger charge is -2.13. The minimum Gasteiger partial charge on any atom is -0.467 e. The quantitative estimate of drug-likeness (QED) is 0.743. The minimum absolute atomic E-state index is 0.0717. The zero-order valence-corrected chi connectivity index (χ0v) is 11.2. The average Bonchev–Trinajstić information content (AvgIpc) is 3.02. The van der Waals surface area contributed by atoms with Crippen molar-refractivity contribution >= 4 is 17.5 Å². The Bertz CT molecular complexity index is 673. The van der Waals surface area contributed by atoms with Crippen LogP contribution in [-0.2, 0) is 9.59 Å². The van der Waals surface area contributed by atoms with Crippen LogP contribution in [-0.4, -0.2) is 23.5 Å². The van der Waals surface area contributed by atoms with Gasteiger partial charge in [-0.1, -0.05) is 0 Å². The van der Waals surface area contributed by atoms with E-state index in [-0.39, 0.29) is 11.4 Å². The van der Waals surface area contributed by atoms with Crippen LogP contribution in [0.5, 0.6) is 0 Å². The number of halogens is 2. The van der Waals surface area contributed by atoms with E-state index < -0.39 is 36.1 Å². The standard InChI is InChI=1S/C14H12F2N2O4/c15-9-4-3-8(6-10(9)16)17-13(20)14(21)18-11(7-19)12-2-1-5-22-12/h1-6,11,19H,7H2,(H,17,20)(H,18,21). The monoisotopic (exact) mass is 310 g/mol. The van der Waals surface area contributed by atoms with E-state index in [2.05, 4.69) is 10.6 Å². The topological polar surface area (TPSA) is 91.6 Å². The Kier molecular flexibility index (Phi) is 4.84. The lowest BCUT2D eigenvalue weighted by Crippen LogP contribution is -2.38. The molecule has 6 nitrogen and oxygen atoms in total. The van der Waals surface area contributed by atoms with Crippen LogP contribution in [0.2, 0.25) is 0 Å². The third-order valence-electron chi connectivity index (χ3n) is 2.76. The molecule has 1 aromatic carbocycles. The van der Waals surface area contributed by atoms with Crippen LogP contribution in [0.4, 0.5) is 14.5 Å². The Morgan fingerprint density at radius 3 is 2.55 bits per heavy atom. The highest BCUT2D eigenvalue weighted by molar-refractivity contribution is 6.39. The van der Waals surface area contributed by atoms with Crippen molar-refractivity contribution in [3.8, 4) is 0 Å². The predicted octanol–water partition coefficient (Wildman–Crippen LogP) is 1.35. The number of nitrogens with one attached hydrogen (secondary N) is 2. The molecule has 1 aromatic heterocycles. The van der Waals surface area contributed by atoms with Gasteiger partial charge in [0.2, 0.25) is 0 Å². The van der Waals surface area contributed by atoms with Gasteiger partial charge in [-0.15, -0.1) is 0 Å². The van der Waals surface area contributed by atoms with Gasteiger partial charge in [0.05, 0.1) is 12.9 Å². The highest BCUT2D eigenvalue weighted by atomic mass is 19.2. The molecule has 8 heteroatoms. The molecule has 0 aliphatic heterocycles. The van der Waals surface area contributed by atoms with E-state index in [4.69, 9.17) is 4.42 Å². The summed E-state index contributed by atoms with van der Waals surface area (Å²) in [4.78, 5) is 23.4. The van der Waals surface area contributed by atoms with E-state index in [1.807, 2.05) is 0 Å². The summed E-state index contributed by atoms with van der Waals surface area (Å²) in [7, 11) is 0. The second-order valence-corrected chi connectivity index (χ2v) is 4.31. The summed E-state index contributed by atoms with van der Waals surface area (Å²) in [6.07, 6.45) is 1.35. The number of benzene rings is 1. The minimum atomic E-state index is -1.15. The Balaban J connectivity index is 1.99. The van der Waals surface area contributed by atoms with Gasteiger partial charge in [-0.25, -0.2) is 8.78 Å². The molecule has 0 aliphatic rings. The van der Waals surface area contributed by atoms with Gasteiger partial charge in [-0.2, -0.15) is 0 Å². The van der Waals surface area contributed by atoms with Crippen LogP contribution in [0.1, 0.15) is 11.8 Å². The number of amides is 2. The van der Waals surface area contributed by atoms with Crippen molar-refractivity contribution in [1.29, 1.82) is 0 Å². The van der Waals surface area contributed by atoms with Gasteiger partial charge < -0.3 is 20.2 Å². The lowest BCUT2D eigenvalue weighted by atomic mass is 10.2. The second kappa shape index (κ2) is 6.81. The number of aliphatic hydroxyl groups is 1. The lowest BCUT2D eigenvalue weighted by molar-refractivity contribution is -0.136. The highest BCUT2D eigenvalue weighted by Crippen LogP contribution is 2.14. The number of furan rings is 1. The van der Waals surface area contributed by atoms with E-state index in [9.17, 15) is 23.5 Å². The fourth-order valence-corrected chi connectivity index (χ4v) is 1.68. The summed E-state index contributed by atoms with van der Waals surface area (Å²) in [6, 6.07) is 4.87. The van der Waals surface area contributed by atoms with Crippen molar-refractivity contribution in [3.05, 3.63) is 54.0 Å². The number of anilines is 1.